The van der Waals surface area contributed by atoms with Crippen LogP contribution in [0, 0.1) is 5.92 Å². The van der Waals surface area contributed by atoms with Crippen LogP contribution in [-0.2, 0) is 4.79 Å². The van der Waals surface area contributed by atoms with Gasteiger partial charge in [0.2, 0.25) is 0 Å². The lowest BCUT2D eigenvalue weighted by Gasteiger charge is -2.37. The van der Waals surface area contributed by atoms with Gasteiger partial charge in [0, 0.05) is 12.4 Å². The maximum Gasteiger partial charge on any atom is 0.306 e. The van der Waals surface area contributed by atoms with Gasteiger partial charge in [-0.1, -0.05) is 36.4 Å². The number of aliphatic carboxylic acids is 1. The normalized spacial score (nSPS) is 17.2. The van der Waals surface area contributed by atoms with Crippen molar-refractivity contribution in [3.8, 4) is 0 Å². The van der Waals surface area contributed by atoms with Gasteiger partial charge in [-0.05, 0) is 66.0 Å². The lowest BCUT2D eigenvalue weighted by atomic mass is 9.91. The van der Waals surface area contributed by atoms with E-state index in [9.17, 15) is 9.90 Å². The van der Waals surface area contributed by atoms with Crippen LogP contribution < -0.4 is 0 Å². The minimum Gasteiger partial charge on any atom is -0.481 e. The fourth-order valence-electron chi connectivity index (χ4n) is 3.94. The van der Waals surface area contributed by atoms with Crippen LogP contribution in [0.2, 0.25) is 0 Å². The molecule has 4 nitrogen and oxygen atoms in total. The summed E-state index contributed by atoms with van der Waals surface area (Å²) < 4.78 is 0. The van der Waals surface area contributed by atoms with E-state index >= 15 is 0 Å². The molecule has 1 fully saturated rings. The van der Waals surface area contributed by atoms with Gasteiger partial charge in [-0.3, -0.25) is 14.7 Å². The molecule has 3 aromatic rings. The van der Waals surface area contributed by atoms with Crippen molar-refractivity contribution >= 4 is 16.7 Å². The highest BCUT2D eigenvalue weighted by molar-refractivity contribution is 5.83. The summed E-state index contributed by atoms with van der Waals surface area (Å²) in [5.74, 6) is -0.892. The molecule has 1 aliphatic heterocycles. The van der Waals surface area contributed by atoms with Gasteiger partial charge in [0.1, 0.15) is 0 Å². The number of carbonyl (C=O) groups is 1. The second-order valence-corrected chi connectivity index (χ2v) is 6.94. The lowest BCUT2D eigenvalue weighted by molar-refractivity contribution is -0.143. The predicted octanol–water partition coefficient (Wildman–Crippen LogP) is 4.12. The predicted molar refractivity (Wildman–Crippen MR) is 102 cm³/mol. The number of carboxylic acid groups (broad SMARTS) is 1. The molecule has 1 atom stereocenters. The molecule has 0 aliphatic carbocycles. The first-order chi connectivity index (χ1) is 12.7. The highest BCUT2D eigenvalue weighted by atomic mass is 16.4. The number of aromatic nitrogens is 1. The van der Waals surface area contributed by atoms with Gasteiger partial charge in [-0.15, -0.1) is 0 Å². The maximum absolute atomic E-state index is 11.3. The summed E-state index contributed by atoms with van der Waals surface area (Å²) in [6.45, 7) is 1.58. The smallest absolute Gasteiger partial charge is 0.306 e. The third-order valence-corrected chi connectivity index (χ3v) is 5.36. The number of hydrogen-bond donors (Lipinski definition) is 1. The van der Waals surface area contributed by atoms with Crippen LogP contribution in [-0.4, -0.2) is 34.0 Å². The molecule has 0 saturated carbocycles. The summed E-state index contributed by atoms with van der Waals surface area (Å²) in [4.78, 5) is 17.8. The number of nitrogens with zero attached hydrogens (tertiary/aromatic N) is 2. The summed E-state index contributed by atoms with van der Waals surface area (Å²) >= 11 is 0. The van der Waals surface area contributed by atoms with E-state index in [-0.39, 0.29) is 12.0 Å². The maximum atomic E-state index is 11.3. The van der Waals surface area contributed by atoms with E-state index in [0.29, 0.717) is 12.8 Å². The van der Waals surface area contributed by atoms with Gasteiger partial charge in [-0.25, -0.2) is 0 Å². The van der Waals surface area contributed by atoms with Crippen LogP contribution in [0.25, 0.3) is 10.8 Å². The molecule has 26 heavy (non-hydrogen) atoms. The van der Waals surface area contributed by atoms with Crippen LogP contribution in [0.4, 0.5) is 0 Å². The van der Waals surface area contributed by atoms with E-state index in [1.165, 1.54) is 21.9 Å². The van der Waals surface area contributed by atoms with Crippen molar-refractivity contribution in [1.29, 1.82) is 0 Å². The van der Waals surface area contributed by atoms with Crippen LogP contribution >= 0.6 is 0 Å². The monoisotopic (exact) mass is 346 g/mol. The summed E-state index contributed by atoms with van der Waals surface area (Å²) in [6.07, 6.45) is 5.05. The quantitative estimate of drug-likeness (QED) is 0.772. The van der Waals surface area contributed by atoms with E-state index < -0.39 is 5.97 Å². The number of pyridine rings is 1. The van der Waals surface area contributed by atoms with Crippen molar-refractivity contribution in [2.45, 2.75) is 18.9 Å². The van der Waals surface area contributed by atoms with Gasteiger partial charge in [0.15, 0.2) is 0 Å². The molecule has 1 saturated heterocycles. The van der Waals surface area contributed by atoms with E-state index in [1.807, 2.05) is 12.4 Å². The Hall–Kier alpha value is -2.72. The molecule has 2 aromatic carbocycles. The van der Waals surface area contributed by atoms with E-state index in [4.69, 9.17) is 0 Å². The standard InChI is InChI=1S/C22H22N2O2/c25-22(26)18-9-13-24(14-10-18)21(17-7-11-23-12-8-17)20-6-5-16-3-1-2-4-19(16)15-20/h1-8,11-12,15,18,21H,9-10,13-14H2,(H,25,26). The molecule has 1 N–H and O–H groups in total. The summed E-state index contributed by atoms with van der Waals surface area (Å²) in [6, 6.07) is 19.2. The van der Waals surface area contributed by atoms with Crippen molar-refractivity contribution in [2.24, 2.45) is 5.92 Å². The van der Waals surface area contributed by atoms with Crippen LogP contribution in [0.5, 0.6) is 0 Å². The third kappa shape index (κ3) is 3.33. The average molecular weight is 346 g/mol. The lowest BCUT2D eigenvalue weighted by Crippen LogP contribution is -2.39. The molecular weight excluding hydrogens is 324 g/mol. The summed E-state index contributed by atoms with van der Waals surface area (Å²) in [5, 5.41) is 11.7. The highest BCUT2D eigenvalue weighted by Crippen LogP contribution is 2.33. The Morgan fingerprint density at radius 3 is 2.35 bits per heavy atom. The largest absolute Gasteiger partial charge is 0.481 e. The topological polar surface area (TPSA) is 53.4 Å². The van der Waals surface area contributed by atoms with E-state index in [1.54, 1.807) is 0 Å². The van der Waals surface area contributed by atoms with Gasteiger partial charge in [0.25, 0.3) is 0 Å². The zero-order chi connectivity index (χ0) is 17.9. The van der Waals surface area contributed by atoms with E-state index in [2.05, 4.69) is 64.5 Å². The van der Waals surface area contributed by atoms with Crippen molar-refractivity contribution in [3.05, 3.63) is 78.1 Å². The molecule has 0 spiro atoms. The molecule has 4 rings (SSSR count). The number of piperidine rings is 1. The Labute approximate surface area is 153 Å². The van der Waals surface area contributed by atoms with E-state index in [0.717, 1.165) is 13.1 Å². The molecule has 1 aliphatic rings. The fourth-order valence-corrected chi connectivity index (χ4v) is 3.94. The number of carboxylic acids is 1. The van der Waals surface area contributed by atoms with Crippen LogP contribution in [0.15, 0.2) is 67.0 Å². The molecule has 2 heterocycles. The molecular formula is C22H22N2O2. The first-order valence-electron chi connectivity index (χ1n) is 9.08. The van der Waals surface area contributed by atoms with Crippen molar-refractivity contribution < 1.29 is 9.90 Å². The Morgan fingerprint density at radius 2 is 1.65 bits per heavy atom. The molecule has 4 heteroatoms. The SMILES string of the molecule is O=C(O)C1CCN(C(c2ccncc2)c2ccc3ccccc3c2)CC1. The number of hydrogen-bond acceptors (Lipinski definition) is 3. The van der Waals surface area contributed by atoms with Crippen LogP contribution in [0.1, 0.15) is 30.0 Å². The molecule has 1 unspecified atom stereocenters. The Balaban J connectivity index is 1.70. The summed E-state index contributed by atoms with van der Waals surface area (Å²) in [5.41, 5.74) is 2.44. The zero-order valence-electron chi connectivity index (χ0n) is 14.6. The second-order valence-electron chi connectivity index (χ2n) is 6.94. The van der Waals surface area contributed by atoms with Gasteiger partial charge in [0.05, 0.1) is 12.0 Å². The van der Waals surface area contributed by atoms with Gasteiger partial charge >= 0.3 is 5.97 Å². The highest BCUT2D eigenvalue weighted by Gasteiger charge is 2.30. The number of fused-ring (bicyclic) bond motifs is 1. The third-order valence-electron chi connectivity index (χ3n) is 5.36. The first-order valence-corrected chi connectivity index (χ1v) is 9.08. The Bertz CT molecular complexity index is 902. The Kier molecular flexibility index (Phi) is 4.67. The van der Waals surface area contributed by atoms with Gasteiger partial charge < -0.3 is 5.11 Å². The van der Waals surface area contributed by atoms with Crippen molar-refractivity contribution in [2.75, 3.05) is 13.1 Å². The number of benzene rings is 2. The van der Waals surface area contributed by atoms with Crippen LogP contribution in [0.3, 0.4) is 0 Å². The van der Waals surface area contributed by atoms with Crippen molar-refractivity contribution in [1.82, 2.24) is 9.88 Å². The molecule has 0 radical (unpaired) electrons. The molecule has 0 bridgehead atoms. The second kappa shape index (κ2) is 7.26. The Morgan fingerprint density at radius 1 is 0.962 bits per heavy atom. The molecule has 132 valence electrons. The molecule has 1 aromatic heterocycles. The average Bonchev–Trinajstić information content (AvgIpc) is 2.69. The van der Waals surface area contributed by atoms with Gasteiger partial charge in [-0.2, -0.15) is 0 Å². The minimum atomic E-state index is -0.671. The first kappa shape index (κ1) is 16.7. The summed E-state index contributed by atoms with van der Waals surface area (Å²) in [7, 11) is 0. The fraction of sp³-hybridized carbons (Fsp3) is 0.273. The molecule has 0 amide bonds. The zero-order valence-corrected chi connectivity index (χ0v) is 14.6. The van der Waals surface area contributed by atoms with Crippen molar-refractivity contribution in [3.63, 3.8) is 0 Å². The number of rotatable bonds is 4. The number of likely N-dealkylation sites (tertiary alicyclic amines) is 1. The minimum absolute atomic E-state index is 0.123.